The first-order valence-electron chi connectivity index (χ1n) is 13.9. The molecule has 0 saturated heterocycles. The van der Waals surface area contributed by atoms with Crippen LogP contribution in [0.5, 0.6) is 0 Å². The molecule has 2 N–H and O–H groups in total. The largest absolute Gasteiger partial charge is 0.348 e. The molecule has 44 heavy (non-hydrogen) atoms. The van der Waals surface area contributed by atoms with Crippen molar-refractivity contribution in [1.82, 2.24) is 5.32 Å². The molecule has 0 aromatic heterocycles. The SMILES string of the molecule is Cc1ccc(S(=O)(=O)N(Cc2ccc(Cl)cc2)c2ccccc2C(=O)Nc2ccccc2C(=O)NCc2ccccc2)cc1. The first-order chi connectivity index (χ1) is 21.2. The van der Waals surface area contributed by atoms with Crippen molar-refractivity contribution in [3.8, 4) is 0 Å². The number of sulfonamides is 1. The molecule has 0 atom stereocenters. The van der Waals surface area contributed by atoms with Crippen molar-refractivity contribution in [3.63, 3.8) is 0 Å². The lowest BCUT2D eigenvalue weighted by atomic mass is 10.1. The Morgan fingerprint density at radius 3 is 2.00 bits per heavy atom. The van der Waals surface area contributed by atoms with Crippen LogP contribution in [0.3, 0.4) is 0 Å². The monoisotopic (exact) mass is 623 g/mol. The first-order valence-corrected chi connectivity index (χ1v) is 15.7. The molecule has 0 radical (unpaired) electrons. The molecule has 5 rings (SSSR count). The maximum atomic E-state index is 14.1. The third-order valence-corrected chi connectivity index (χ3v) is 9.01. The fourth-order valence-corrected chi connectivity index (χ4v) is 6.23. The molecule has 0 bridgehead atoms. The Morgan fingerprint density at radius 1 is 0.682 bits per heavy atom. The predicted molar refractivity (Wildman–Crippen MR) is 174 cm³/mol. The van der Waals surface area contributed by atoms with Crippen LogP contribution in [-0.4, -0.2) is 20.2 Å². The molecule has 9 heteroatoms. The summed E-state index contributed by atoms with van der Waals surface area (Å²) in [6.07, 6.45) is 0. The van der Waals surface area contributed by atoms with Gasteiger partial charge < -0.3 is 10.6 Å². The van der Waals surface area contributed by atoms with Crippen LogP contribution in [0.25, 0.3) is 0 Å². The summed E-state index contributed by atoms with van der Waals surface area (Å²) >= 11 is 6.08. The van der Waals surface area contributed by atoms with Crippen molar-refractivity contribution in [2.75, 3.05) is 9.62 Å². The second-order valence-electron chi connectivity index (χ2n) is 10.1. The number of amides is 2. The lowest BCUT2D eigenvalue weighted by Gasteiger charge is -2.27. The van der Waals surface area contributed by atoms with Crippen LogP contribution in [-0.2, 0) is 23.1 Å². The Balaban J connectivity index is 1.48. The van der Waals surface area contributed by atoms with Gasteiger partial charge in [0.25, 0.3) is 21.8 Å². The highest BCUT2D eigenvalue weighted by atomic mass is 35.5. The average Bonchev–Trinajstić information content (AvgIpc) is 3.04. The van der Waals surface area contributed by atoms with E-state index in [0.717, 1.165) is 11.1 Å². The van der Waals surface area contributed by atoms with E-state index in [1.807, 2.05) is 37.3 Å². The molecular formula is C35H30ClN3O4S. The summed E-state index contributed by atoms with van der Waals surface area (Å²) in [4.78, 5) is 27.0. The van der Waals surface area contributed by atoms with Gasteiger partial charge in [-0.25, -0.2) is 8.42 Å². The number of hydrogen-bond acceptors (Lipinski definition) is 4. The lowest BCUT2D eigenvalue weighted by Crippen LogP contribution is -2.32. The van der Waals surface area contributed by atoms with Gasteiger partial charge in [0.05, 0.1) is 33.9 Å². The average molecular weight is 624 g/mol. The normalized spacial score (nSPS) is 11.0. The molecule has 5 aromatic rings. The van der Waals surface area contributed by atoms with Crippen LogP contribution in [0.15, 0.2) is 132 Å². The predicted octanol–water partition coefficient (Wildman–Crippen LogP) is 7.23. The van der Waals surface area contributed by atoms with Gasteiger partial charge in [-0.2, -0.15) is 0 Å². The van der Waals surface area contributed by atoms with Crippen LogP contribution < -0.4 is 14.9 Å². The van der Waals surface area contributed by atoms with Crippen molar-refractivity contribution in [2.45, 2.75) is 24.9 Å². The number of benzene rings is 5. The van der Waals surface area contributed by atoms with Gasteiger partial charge in [-0.1, -0.05) is 96.0 Å². The van der Waals surface area contributed by atoms with Crippen molar-refractivity contribution in [2.24, 2.45) is 0 Å². The Hall–Kier alpha value is -4.92. The fraction of sp³-hybridized carbons (Fsp3) is 0.0857. The summed E-state index contributed by atoms with van der Waals surface area (Å²) in [5.74, 6) is -0.923. The maximum absolute atomic E-state index is 14.1. The zero-order valence-electron chi connectivity index (χ0n) is 23.9. The van der Waals surface area contributed by atoms with Gasteiger partial charge in [-0.05, 0) is 66.6 Å². The van der Waals surface area contributed by atoms with E-state index >= 15 is 0 Å². The summed E-state index contributed by atoms with van der Waals surface area (Å²) in [7, 11) is -4.11. The summed E-state index contributed by atoms with van der Waals surface area (Å²) in [5.41, 5.74) is 3.42. The number of hydrogen-bond donors (Lipinski definition) is 2. The topological polar surface area (TPSA) is 95.6 Å². The molecule has 0 aliphatic heterocycles. The third-order valence-electron chi connectivity index (χ3n) is 6.98. The van der Waals surface area contributed by atoms with Gasteiger partial charge >= 0.3 is 0 Å². The number of anilines is 2. The van der Waals surface area contributed by atoms with Gasteiger partial charge in [0.2, 0.25) is 0 Å². The number of halogens is 1. The van der Waals surface area contributed by atoms with Crippen LogP contribution in [0.1, 0.15) is 37.4 Å². The number of nitrogens with zero attached hydrogens (tertiary/aromatic N) is 1. The second-order valence-corrected chi connectivity index (χ2v) is 12.4. The summed E-state index contributed by atoms with van der Waals surface area (Å²) in [6.45, 7) is 2.15. The summed E-state index contributed by atoms with van der Waals surface area (Å²) in [5, 5.41) is 6.24. The molecule has 7 nitrogen and oxygen atoms in total. The molecule has 0 aliphatic carbocycles. The molecule has 0 aliphatic rings. The minimum Gasteiger partial charge on any atom is -0.348 e. The number of carbonyl (C=O) groups excluding carboxylic acids is 2. The van der Waals surface area contributed by atoms with E-state index in [9.17, 15) is 18.0 Å². The van der Waals surface area contributed by atoms with Gasteiger partial charge in [0.15, 0.2) is 0 Å². The molecule has 222 valence electrons. The quantitative estimate of drug-likeness (QED) is 0.172. The standard InChI is InChI=1S/C35H30ClN3O4S/c1-25-15-21-29(22-16-25)44(42,43)39(24-27-17-19-28(36)20-18-27)33-14-8-6-12-31(33)35(41)38-32-13-7-5-11-30(32)34(40)37-23-26-9-3-2-4-10-26/h2-22H,23-24H2,1H3,(H,37,40)(H,38,41). The van der Waals surface area contributed by atoms with Crippen molar-refractivity contribution >= 4 is 44.8 Å². The Morgan fingerprint density at radius 2 is 1.30 bits per heavy atom. The molecule has 0 spiro atoms. The minimum absolute atomic E-state index is 0.0455. The second kappa shape index (κ2) is 13.6. The minimum atomic E-state index is -4.11. The van der Waals surface area contributed by atoms with E-state index in [0.29, 0.717) is 22.8 Å². The lowest BCUT2D eigenvalue weighted by molar-refractivity contribution is 0.0951. The molecule has 0 saturated carbocycles. The smallest absolute Gasteiger partial charge is 0.264 e. The van der Waals surface area contributed by atoms with E-state index in [1.165, 1.54) is 4.31 Å². The van der Waals surface area contributed by atoms with E-state index in [4.69, 9.17) is 11.6 Å². The number of nitrogens with one attached hydrogen (secondary N) is 2. The van der Waals surface area contributed by atoms with Gasteiger partial charge in [0.1, 0.15) is 0 Å². The number of aryl methyl sites for hydroxylation is 1. The van der Waals surface area contributed by atoms with Gasteiger partial charge in [-0.3, -0.25) is 13.9 Å². The molecule has 0 unspecified atom stereocenters. The number of rotatable bonds is 10. The highest BCUT2D eigenvalue weighted by Gasteiger charge is 2.29. The fourth-order valence-electron chi connectivity index (χ4n) is 4.63. The van der Waals surface area contributed by atoms with Crippen LogP contribution in [0, 0.1) is 6.92 Å². The highest BCUT2D eigenvalue weighted by molar-refractivity contribution is 7.92. The van der Waals surface area contributed by atoms with E-state index in [-0.39, 0.29) is 34.2 Å². The number of para-hydroxylation sites is 2. The van der Waals surface area contributed by atoms with Crippen LogP contribution in [0.4, 0.5) is 11.4 Å². The molecule has 0 fully saturated rings. The molecule has 2 amide bonds. The number of carbonyl (C=O) groups is 2. The van der Waals surface area contributed by atoms with Crippen molar-refractivity contribution in [1.29, 1.82) is 0 Å². The summed E-state index contributed by atoms with van der Waals surface area (Å²) in [6, 6.07) is 36.1. The first kappa shape index (κ1) is 30.5. The van der Waals surface area contributed by atoms with Crippen molar-refractivity contribution in [3.05, 3.63) is 160 Å². The Labute approximate surface area is 262 Å². The van der Waals surface area contributed by atoms with Crippen LogP contribution >= 0.6 is 11.6 Å². The maximum Gasteiger partial charge on any atom is 0.264 e. The van der Waals surface area contributed by atoms with E-state index < -0.39 is 15.9 Å². The molecule has 0 heterocycles. The summed E-state index contributed by atoms with van der Waals surface area (Å²) < 4.78 is 29.4. The Kier molecular flexibility index (Phi) is 9.43. The highest BCUT2D eigenvalue weighted by Crippen LogP contribution is 2.31. The van der Waals surface area contributed by atoms with E-state index in [1.54, 1.807) is 97.1 Å². The van der Waals surface area contributed by atoms with Gasteiger partial charge in [-0.15, -0.1) is 0 Å². The van der Waals surface area contributed by atoms with E-state index in [2.05, 4.69) is 10.6 Å². The zero-order chi connectivity index (χ0) is 31.1. The van der Waals surface area contributed by atoms with Crippen molar-refractivity contribution < 1.29 is 18.0 Å². The Bertz CT molecular complexity index is 1880. The van der Waals surface area contributed by atoms with Crippen LogP contribution in [0.2, 0.25) is 5.02 Å². The van der Waals surface area contributed by atoms with Gasteiger partial charge in [0, 0.05) is 11.6 Å². The molecular weight excluding hydrogens is 594 g/mol. The zero-order valence-corrected chi connectivity index (χ0v) is 25.5. The third kappa shape index (κ3) is 7.16. The molecule has 5 aromatic carbocycles.